The second-order valence-electron chi connectivity index (χ2n) is 6.62. The van der Waals surface area contributed by atoms with Crippen molar-refractivity contribution in [3.63, 3.8) is 0 Å². The molecule has 0 aromatic rings. The van der Waals surface area contributed by atoms with Gasteiger partial charge >= 0.3 is 0 Å². The zero-order valence-electron chi connectivity index (χ0n) is 11.5. The van der Waals surface area contributed by atoms with E-state index in [1.807, 2.05) is 0 Å². The van der Waals surface area contributed by atoms with Gasteiger partial charge in [0.25, 0.3) is 0 Å². The molecular formula is C13H28O2Si. The molecule has 16 heavy (non-hydrogen) atoms. The minimum atomic E-state index is -1.72. The molecular weight excluding hydrogens is 216 g/mol. The SMILES string of the molecule is CC(C)(C)[Si](C)(C)O[C@@H]1CCCCC[C@@H]1O. The molecule has 1 aliphatic rings. The Morgan fingerprint density at radius 1 is 1.06 bits per heavy atom. The quantitative estimate of drug-likeness (QED) is 0.593. The van der Waals surface area contributed by atoms with Crippen LogP contribution in [0.4, 0.5) is 0 Å². The molecule has 0 spiro atoms. The lowest BCUT2D eigenvalue weighted by atomic mass is 10.1. The van der Waals surface area contributed by atoms with Gasteiger partial charge in [-0.25, -0.2) is 0 Å². The van der Waals surface area contributed by atoms with Gasteiger partial charge in [0.1, 0.15) is 0 Å². The van der Waals surface area contributed by atoms with E-state index in [0.717, 1.165) is 19.3 Å². The van der Waals surface area contributed by atoms with Crippen LogP contribution in [0.1, 0.15) is 52.9 Å². The second-order valence-corrected chi connectivity index (χ2v) is 11.4. The minimum Gasteiger partial charge on any atom is -0.411 e. The molecule has 0 aromatic heterocycles. The molecule has 1 N–H and O–H groups in total. The Bertz CT molecular complexity index is 220. The first-order valence-electron chi connectivity index (χ1n) is 6.60. The van der Waals surface area contributed by atoms with Gasteiger partial charge in [0, 0.05) is 0 Å². The van der Waals surface area contributed by atoms with Crippen molar-refractivity contribution in [3.8, 4) is 0 Å². The first-order valence-corrected chi connectivity index (χ1v) is 9.51. The number of hydrogen-bond acceptors (Lipinski definition) is 2. The summed E-state index contributed by atoms with van der Waals surface area (Å²) in [5.41, 5.74) is 0. The highest BCUT2D eigenvalue weighted by atomic mass is 28.4. The number of hydrogen-bond donors (Lipinski definition) is 1. The van der Waals surface area contributed by atoms with Crippen molar-refractivity contribution in [1.82, 2.24) is 0 Å². The van der Waals surface area contributed by atoms with E-state index in [1.165, 1.54) is 12.8 Å². The molecule has 3 heteroatoms. The topological polar surface area (TPSA) is 29.5 Å². The molecule has 96 valence electrons. The third kappa shape index (κ3) is 3.57. The lowest BCUT2D eigenvalue weighted by Crippen LogP contribution is -2.46. The molecule has 0 radical (unpaired) electrons. The average molecular weight is 244 g/mol. The van der Waals surface area contributed by atoms with E-state index in [9.17, 15) is 5.11 Å². The predicted octanol–water partition coefficient (Wildman–Crippen LogP) is 3.70. The van der Waals surface area contributed by atoms with Gasteiger partial charge in [-0.2, -0.15) is 0 Å². The summed E-state index contributed by atoms with van der Waals surface area (Å²) in [6.45, 7) is 11.3. The summed E-state index contributed by atoms with van der Waals surface area (Å²) in [6, 6.07) is 0. The van der Waals surface area contributed by atoms with Gasteiger partial charge in [-0.15, -0.1) is 0 Å². The number of aliphatic hydroxyl groups is 1. The molecule has 2 atom stereocenters. The van der Waals surface area contributed by atoms with Crippen LogP contribution in [-0.4, -0.2) is 25.6 Å². The largest absolute Gasteiger partial charge is 0.411 e. The van der Waals surface area contributed by atoms with Crippen LogP contribution in [0.25, 0.3) is 0 Å². The number of aliphatic hydroxyl groups excluding tert-OH is 1. The maximum atomic E-state index is 10.1. The summed E-state index contributed by atoms with van der Waals surface area (Å²) < 4.78 is 6.32. The van der Waals surface area contributed by atoms with Crippen molar-refractivity contribution in [3.05, 3.63) is 0 Å². The van der Waals surface area contributed by atoms with Crippen molar-refractivity contribution in [1.29, 1.82) is 0 Å². The van der Waals surface area contributed by atoms with Gasteiger partial charge in [0.05, 0.1) is 12.2 Å². The molecule has 0 unspecified atom stereocenters. The number of rotatable bonds is 2. The minimum absolute atomic E-state index is 0.0865. The highest BCUT2D eigenvalue weighted by Gasteiger charge is 2.40. The van der Waals surface area contributed by atoms with Crippen molar-refractivity contribution in [2.75, 3.05) is 0 Å². The van der Waals surface area contributed by atoms with Crippen molar-refractivity contribution in [2.24, 2.45) is 0 Å². The maximum Gasteiger partial charge on any atom is 0.192 e. The van der Waals surface area contributed by atoms with Crippen molar-refractivity contribution in [2.45, 2.75) is 83.2 Å². The maximum absolute atomic E-state index is 10.1. The Hall–Kier alpha value is 0.137. The molecule has 1 fully saturated rings. The molecule has 2 nitrogen and oxygen atoms in total. The zero-order valence-corrected chi connectivity index (χ0v) is 12.5. The third-order valence-corrected chi connectivity index (χ3v) is 8.67. The van der Waals surface area contributed by atoms with Crippen molar-refractivity contribution < 1.29 is 9.53 Å². The molecule has 0 bridgehead atoms. The van der Waals surface area contributed by atoms with E-state index in [-0.39, 0.29) is 17.2 Å². The van der Waals surface area contributed by atoms with Gasteiger partial charge in [-0.1, -0.05) is 40.0 Å². The standard InChI is InChI=1S/C13H28O2Si/c1-13(2,3)16(4,5)15-12-10-8-6-7-9-11(12)14/h11-12,14H,6-10H2,1-5H3/t11-,12+/m0/s1. The lowest BCUT2D eigenvalue weighted by Gasteiger charge is -2.40. The molecule has 0 saturated heterocycles. The van der Waals surface area contributed by atoms with Gasteiger partial charge in [0.15, 0.2) is 8.32 Å². The Morgan fingerprint density at radius 3 is 2.19 bits per heavy atom. The molecule has 0 aliphatic heterocycles. The molecule has 1 rings (SSSR count). The molecule has 0 heterocycles. The Kier molecular flexibility index (Phi) is 4.61. The highest BCUT2D eigenvalue weighted by Crippen LogP contribution is 2.38. The lowest BCUT2D eigenvalue weighted by molar-refractivity contribution is 0.0234. The first-order chi connectivity index (χ1) is 7.24. The Morgan fingerprint density at radius 2 is 1.62 bits per heavy atom. The summed E-state index contributed by atoms with van der Waals surface area (Å²) in [5, 5.41) is 10.3. The van der Waals surface area contributed by atoms with E-state index in [2.05, 4.69) is 33.9 Å². The van der Waals surface area contributed by atoms with Crippen LogP contribution >= 0.6 is 0 Å². The summed E-state index contributed by atoms with van der Waals surface area (Å²) in [7, 11) is -1.72. The smallest absolute Gasteiger partial charge is 0.192 e. The van der Waals surface area contributed by atoms with Crippen LogP contribution in [0.15, 0.2) is 0 Å². The monoisotopic (exact) mass is 244 g/mol. The summed E-state index contributed by atoms with van der Waals surface area (Å²) in [6.07, 6.45) is 5.40. The van der Waals surface area contributed by atoms with Crippen LogP contribution in [0.5, 0.6) is 0 Å². The molecule has 1 aliphatic carbocycles. The second kappa shape index (κ2) is 5.19. The fourth-order valence-corrected chi connectivity index (χ4v) is 3.33. The Balaban J connectivity index is 2.64. The Labute approximate surface area is 102 Å². The van der Waals surface area contributed by atoms with Gasteiger partial charge in [-0.05, 0) is 31.0 Å². The van der Waals surface area contributed by atoms with E-state index >= 15 is 0 Å². The van der Waals surface area contributed by atoms with Crippen LogP contribution in [0.2, 0.25) is 18.1 Å². The van der Waals surface area contributed by atoms with Crippen LogP contribution in [0, 0.1) is 0 Å². The van der Waals surface area contributed by atoms with Crippen molar-refractivity contribution >= 4 is 8.32 Å². The van der Waals surface area contributed by atoms with Gasteiger partial charge in [-0.3, -0.25) is 0 Å². The fourth-order valence-electron chi connectivity index (χ4n) is 1.95. The first kappa shape index (κ1) is 14.2. The predicted molar refractivity (Wildman–Crippen MR) is 71.2 cm³/mol. The van der Waals surface area contributed by atoms with Crippen LogP contribution in [0.3, 0.4) is 0 Å². The molecule has 0 aromatic carbocycles. The zero-order chi connectivity index (χ0) is 12.4. The van der Waals surface area contributed by atoms with E-state index in [1.54, 1.807) is 0 Å². The van der Waals surface area contributed by atoms with Gasteiger partial charge in [0.2, 0.25) is 0 Å². The molecule has 1 saturated carbocycles. The van der Waals surface area contributed by atoms with Crippen LogP contribution < -0.4 is 0 Å². The van der Waals surface area contributed by atoms with E-state index < -0.39 is 8.32 Å². The third-order valence-electron chi connectivity index (χ3n) is 4.17. The normalized spacial score (nSPS) is 28.9. The fraction of sp³-hybridized carbons (Fsp3) is 1.00. The highest BCUT2D eigenvalue weighted by molar-refractivity contribution is 6.74. The summed E-state index contributed by atoms with van der Waals surface area (Å²) >= 11 is 0. The molecule has 0 amide bonds. The van der Waals surface area contributed by atoms with Crippen LogP contribution in [-0.2, 0) is 4.43 Å². The summed E-state index contributed by atoms with van der Waals surface area (Å²) in [5.74, 6) is 0. The average Bonchev–Trinajstić information content (AvgIpc) is 2.30. The van der Waals surface area contributed by atoms with E-state index in [0.29, 0.717) is 0 Å². The van der Waals surface area contributed by atoms with Gasteiger partial charge < -0.3 is 9.53 Å². The van der Waals surface area contributed by atoms with E-state index in [4.69, 9.17) is 4.43 Å². The summed E-state index contributed by atoms with van der Waals surface area (Å²) in [4.78, 5) is 0.